The number of piperazine rings is 1. The third-order valence-electron chi connectivity index (χ3n) is 3.86. The summed E-state index contributed by atoms with van der Waals surface area (Å²) in [6.07, 6.45) is 0. The van der Waals surface area contributed by atoms with Gasteiger partial charge in [0.2, 0.25) is 0 Å². The van der Waals surface area contributed by atoms with Gasteiger partial charge in [-0.2, -0.15) is 0 Å². The second-order valence-electron chi connectivity index (χ2n) is 5.00. The molecule has 16 heavy (non-hydrogen) atoms. The summed E-state index contributed by atoms with van der Waals surface area (Å²) in [5.41, 5.74) is -0.0551. The quantitative estimate of drug-likeness (QED) is 0.619. The highest BCUT2D eigenvalue weighted by atomic mass is 16.5. The van der Waals surface area contributed by atoms with E-state index >= 15 is 0 Å². The molecule has 2 aliphatic rings. The van der Waals surface area contributed by atoms with Crippen LogP contribution in [0.15, 0.2) is 0 Å². The van der Waals surface area contributed by atoms with E-state index in [-0.39, 0.29) is 5.66 Å². The molecule has 0 aromatic heterocycles. The van der Waals surface area contributed by atoms with Gasteiger partial charge < -0.3 is 10.1 Å². The second kappa shape index (κ2) is 4.98. The van der Waals surface area contributed by atoms with Gasteiger partial charge in [-0.25, -0.2) is 0 Å². The fraction of sp³-hybridized carbons (Fsp3) is 1.00. The van der Waals surface area contributed by atoms with Gasteiger partial charge in [-0.1, -0.05) is 0 Å². The highest BCUT2D eigenvalue weighted by Crippen LogP contribution is 2.22. The van der Waals surface area contributed by atoms with Gasteiger partial charge in [0.25, 0.3) is 0 Å². The molecule has 2 atom stereocenters. The summed E-state index contributed by atoms with van der Waals surface area (Å²) in [6, 6.07) is 0.455. The molecule has 0 saturated carbocycles. The van der Waals surface area contributed by atoms with Crippen molar-refractivity contribution in [1.82, 2.24) is 20.4 Å². The highest BCUT2D eigenvalue weighted by molar-refractivity contribution is 5.01. The van der Waals surface area contributed by atoms with Crippen LogP contribution in [0.2, 0.25) is 0 Å². The molecule has 0 aromatic carbocycles. The Morgan fingerprint density at radius 2 is 2.19 bits per heavy atom. The molecule has 0 radical (unpaired) electrons. The van der Waals surface area contributed by atoms with Crippen LogP contribution in [-0.2, 0) is 4.74 Å². The molecule has 0 aliphatic carbocycles. The zero-order chi connectivity index (χ0) is 11.6. The summed E-state index contributed by atoms with van der Waals surface area (Å²) in [4.78, 5) is 4.69. The van der Waals surface area contributed by atoms with Crippen LogP contribution in [-0.4, -0.2) is 82.0 Å². The van der Waals surface area contributed by atoms with Crippen LogP contribution < -0.4 is 10.6 Å². The third-order valence-corrected chi connectivity index (χ3v) is 3.86. The lowest BCUT2D eigenvalue weighted by molar-refractivity contribution is -0.0904. The van der Waals surface area contributed by atoms with Gasteiger partial charge in [0.15, 0.2) is 0 Å². The minimum Gasteiger partial charge on any atom is -0.377 e. The molecule has 0 amide bonds. The highest BCUT2D eigenvalue weighted by Gasteiger charge is 2.45. The Morgan fingerprint density at radius 1 is 1.38 bits per heavy atom. The molecule has 0 aromatic rings. The number of hydrogen-bond acceptors (Lipinski definition) is 5. The smallest absolute Gasteiger partial charge is 0.112 e. The van der Waals surface area contributed by atoms with Crippen LogP contribution in [0.4, 0.5) is 0 Å². The van der Waals surface area contributed by atoms with E-state index in [0.717, 1.165) is 39.4 Å². The molecule has 2 fully saturated rings. The molecular formula is C11H24N4O. The van der Waals surface area contributed by atoms with Crippen molar-refractivity contribution >= 4 is 0 Å². The molecule has 0 spiro atoms. The summed E-state index contributed by atoms with van der Waals surface area (Å²) in [5.74, 6) is 0. The molecule has 2 heterocycles. The van der Waals surface area contributed by atoms with E-state index in [1.165, 1.54) is 0 Å². The van der Waals surface area contributed by atoms with Gasteiger partial charge in [0.05, 0.1) is 19.3 Å². The number of likely N-dealkylation sites (N-methyl/N-ethyl adjacent to an activating group) is 2. The van der Waals surface area contributed by atoms with Crippen LogP contribution >= 0.6 is 0 Å². The maximum absolute atomic E-state index is 5.69. The third kappa shape index (κ3) is 2.10. The number of nitrogens with one attached hydrogen (secondary N) is 2. The fourth-order valence-electron chi connectivity index (χ4n) is 2.76. The van der Waals surface area contributed by atoms with E-state index in [1.54, 1.807) is 0 Å². The molecule has 2 aliphatic heterocycles. The minimum atomic E-state index is -0.0551. The van der Waals surface area contributed by atoms with Crippen molar-refractivity contribution in [2.24, 2.45) is 0 Å². The van der Waals surface area contributed by atoms with E-state index in [2.05, 4.69) is 41.6 Å². The van der Waals surface area contributed by atoms with E-state index < -0.39 is 0 Å². The Morgan fingerprint density at radius 3 is 2.75 bits per heavy atom. The zero-order valence-electron chi connectivity index (χ0n) is 10.6. The van der Waals surface area contributed by atoms with Gasteiger partial charge >= 0.3 is 0 Å². The lowest BCUT2D eigenvalue weighted by atomic mass is 9.95. The van der Waals surface area contributed by atoms with Crippen molar-refractivity contribution in [2.75, 3.05) is 60.5 Å². The average molecular weight is 228 g/mol. The average Bonchev–Trinajstić information content (AvgIpc) is 2.30. The first-order valence-electron chi connectivity index (χ1n) is 6.08. The number of morpholine rings is 1. The second-order valence-corrected chi connectivity index (χ2v) is 5.00. The SMILES string of the molecule is CN1CCNCC1C1(N(C)C)COCCN1. The molecule has 0 bridgehead atoms. The predicted octanol–water partition coefficient (Wildman–Crippen LogP) is -1.23. The minimum absolute atomic E-state index is 0.0551. The van der Waals surface area contributed by atoms with Gasteiger partial charge in [0.1, 0.15) is 5.66 Å². The van der Waals surface area contributed by atoms with E-state index in [0.29, 0.717) is 6.04 Å². The van der Waals surface area contributed by atoms with E-state index in [4.69, 9.17) is 4.74 Å². The zero-order valence-corrected chi connectivity index (χ0v) is 10.6. The fourth-order valence-corrected chi connectivity index (χ4v) is 2.76. The predicted molar refractivity (Wildman–Crippen MR) is 64.5 cm³/mol. The van der Waals surface area contributed by atoms with Gasteiger partial charge in [-0.05, 0) is 21.1 Å². The van der Waals surface area contributed by atoms with Crippen LogP contribution in [0.1, 0.15) is 0 Å². The normalized spacial score (nSPS) is 37.9. The van der Waals surface area contributed by atoms with Crippen molar-refractivity contribution < 1.29 is 4.74 Å². The summed E-state index contributed by atoms with van der Waals surface area (Å²) >= 11 is 0. The molecule has 2 N–H and O–H groups in total. The molecular weight excluding hydrogens is 204 g/mol. The number of hydrogen-bond donors (Lipinski definition) is 2. The topological polar surface area (TPSA) is 39.8 Å². The Bertz CT molecular complexity index is 228. The largest absolute Gasteiger partial charge is 0.377 e. The van der Waals surface area contributed by atoms with E-state index in [9.17, 15) is 0 Å². The molecule has 5 nitrogen and oxygen atoms in total. The van der Waals surface area contributed by atoms with Gasteiger partial charge in [-0.15, -0.1) is 0 Å². The van der Waals surface area contributed by atoms with Crippen molar-refractivity contribution in [2.45, 2.75) is 11.7 Å². The summed E-state index contributed by atoms with van der Waals surface area (Å²) in [6.45, 7) is 5.71. The van der Waals surface area contributed by atoms with Crippen molar-refractivity contribution in [3.05, 3.63) is 0 Å². The number of ether oxygens (including phenoxy) is 1. The first-order chi connectivity index (χ1) is 7.67. The Balaban J connectivity index is 2.16. The van der Waals surface area contributed by atoms with Crippen molar-refractivity contribution in [3.8, 4) is 0 Å². The molecule has 2 unspecified atom stereocenters. The molecule has 2 rings (SSSR count). The number of nitrogens with zero attached hydrogens (tertiary/aromatic N) is 2. The van der Waals surface area contributed by atoms with Crippen LogP contribution in [0.25, 0.3) is 0 Å². The monoisotopic (exact) mass is 228 g/mol. The molecule has 5 heteroatoms. The standard InChI is InChI=1S/C11H24N4O/c1-14(2)11(9-16-7-5-13-11)10-8-12-4-6-15(10)3/h10,12-13H,4-9H2,1-3H3. The summed E-state index contributed by atoms with van der Waals surface area (Å²) in [7, 11) is 6.46. The van der Waals surface area contributed by atoms with Crippen LogP contribution in [0.3, 0.4) is 0 Å². The maximum Gasteiger partial charge on any atom is 0.112 e. The Kier molecular flexibility index (Phi) is 3.81. The van der Waals surface area contributed by atoms with Crippen LogP contribution in [0.5, 0.6) is 0 Å². The summed E-state index contributed by atoms with van der Waals surface area (Å²) in [5, 5.41) is 7.13. The maximum atomic E-state index is 5.69. The van der Waals surface area contributed by atoms with Crippen molar-refractivity contribution in [3.63, 3.8) is 0 Å². The lowest BCUT2D eigenvalue weighted by Gasteiger charge is -2.52. The first-order valence-corrected chi connectivity index (χ1v) is 6.08. The molecule has 2 saturated heterocycles. The Hall–Kier alpha value is -0.200. The van der Waals surface area contributed by atoms with E-state index in [1.807, 2.05) is 0 Å². The Labute approximate surface area is 98.1 Å². The lowest BCUT2D eigenvalue weighted by Crippen LogP contribution is -2.75. The van der Waals surface area contributed by atoms with Crippen molar-refractivity contribution in [1.29, 1.82) is 0 Å². The van der Waals surface area contributed by atoms with Crippen LogP contribution in [0, 0.1) is 0 Å². The van der Waals surface area contributed by atoms with Gasteiger partial charge in [0, 0.05) is 26.2 Å². The molecule has 94 valence electrons. The van der Waals surface area contributed by atoms with Gasteiger partial charge in [-0.3, -0.25) is 15.1 Å². The summed E-state index contributed by atoms with van der Waals surface area (Å²) < 4.78 is 5.69. The number of rotatable bonds is 2. The first kappa shape index (κ1) is 12.3.